The van der Waals surface area contributed by atoms with E-state index in [1.165, 1.54) is 0 Å². The number of benzene rings is 2. The van der Waals surface area contributed by atoms with Crippen molar-refractivity contribution in [1.82, 2.24) is 4.98 Å². The number of hydrogen-bond acceptors (Lipinski definition) is 3. The molecule has 0 spiro atoms. The minimum Gasteiger partial charge on any atom is -0.479 e. The fraction of sp³-hybridized carbons (Fsp3) is 0.273. The van der Waals surface area contributed by atoms with Crippen LogP contribution in [0, 0.1) is 6.92 Å². The molecule has 1 N–H and O–H groups in total. The van der Waals surface area contributed by atoms with Gasteiger partial charge < -0.3 is 9.84 Å². The molecule has 0 amide bonds. The Bertz CT molecular complexity index is 991. The SMILES string of the molecule is Cc1nc2ccccc2c(-c2ccc(Cl)cc2)c1C(OC(C)(C)C)C(=O)O. The third-order valence-corrected chi connectivity index (χ3v) is 4.46. The highest BCUT2D eigenvalue weighted by Gasteiger charge is 2.32. The maximum atomic E-state index is 12.1. The largest absolute Gasteiger partial charge is 0.479 e. The third kappa shape index (κ3) is 4.12. The van der Waals surface area contributed by atoms with Crippen LogP contribution in [-0.2, 0) is 9.53 Å². The molecule has 0 saturated carbocycles. The number of ether oxygens (including phenoxy) is 1. The molecule has 27 heavy (non-hydrogen) atoms. The van der Waals surface area contributed by atoms with Crippen LogP contribution in [0.2, 0.25) is 5.02 Å². The number of fused-ring (bicyclic) bond motifs is 1. The molecular weight excluding hydrogens is 362 g/mol. The molecule has 3 rings (SSSR count). The Hall–Kier alpha value is -2.43. The number of carboxylic acids is 1. The highest BCUT2D eigenvalue weighted by atomic mass is 35.5. The molecule has 3 aromatic rings. The zero-order chi connectivity index (χ0) is 19.8. The van der Waals surface area contributed by atoms with Gasteiger partial charge in [0, 0.05) is 21.7 Å². The van der Waals surface area contributed by atoms with E-state index in [0.29, 0.717) is 16.3 Å². The van der Waals surface area contributed by atoms with Crippen molar-refractivity contribution in [3.63, 3.8) is 0 Å². The number of carboxylic acid groups (broad SMARTS) is 1. The molecule has 1 aromatic heterocycles. The summed E-state index contributed by atoms with van der Waals surface area (Å²) in [6.07, 6.45) is -1.13. The van der Waals surface area contributed by atoms with E-state index in [2.05, 4.69) is 4.98 Å². The van der Waals surface area contributed by atoms with Crippen LogP contribution in [0.15, 0.2) is 48.5 Å². The topological polar surface area (TPSA) is 59.4 Å². The van der Waals surface area contributed by atoms with Crippen molar-refractivity contribution in [1.29, 1.82) is 0 Å². The first-order valence-electron chi connectivity index (χ1n) is 8.73. The van der Waals surface area contributed by atoms with E-state index in [1.807, 2.05) is 64.1 Å². The lowest BCUT2D eigenvalue weighted by Crippen LogP contribution is -2.28. The summed E-state index contributed by atoms with van der Waals surface area (Å²) in [4.78, 5) is 16.8. The molecule has 0 aliphatic rings. The Labute approximate surface area is 163 Å². The first-order valence-corrected chi connectivity index (χ1v) is 9.11. The highest BCUT2D eigenvalue weighted by Crippen LogP contribution is 2.39. The first kappa shape index (κ1) is 19.3. The molecule has 5 heteroatoms. The number of para-hydroxylation sites is 1. The van der Waals surface area contributed by atoms with Crippen molar-refractivity contribution < 1.29 is 14.6 Å². The summed E-state index contributed by atoms with van der Waals surface area (Å²) in [5.74, 6) is -1.04. The lowest BCUT2D eigenvalue weighted by atomic mass is 9.91. The average molecular weight is 384 g/mol. The molecule has 0 fully saturated rings. The molecule has 0 radical (unpaired) electrons. The zero-order valence-electron chi connectivity index (χ0n) is 15.8. The van der Waals surface area contributed by atoms with Gasteiger partial charge in [-0.2, -0.15) is 0 Å². The van der Waals surface area contributed by atoms with Crippen LogP contribution in [0.4, 0.5) is 0 Å². The van der Waals surface area contributed by atoms with E-state index in [4.69, 9.17) is 16.3 Å². The Morgan fingerprint density at radius 2 is 1.74 bits per heavy atom. The van der Waals surface area contributed by atoms with E-state index in [-0.39, 0.29) is 0 Å². The Balaban J connectivity index is 2.37. The summed E-state index contributed by atoms with van der Waals surface area (Å²) in [6.45, 7) is 7.35. The van der Waals surface area contributed by atoms with Gasteiger partial charge in [-0.05, 0) is 57.0 Å². The lowest BCUT2D eigenvalue weighted by molar-refractivity contribution is -0.160. The summed E-state index contributed by atoms with van der Waals surface area (Å²) in [7, 11) is 0. The average Bonchev–Trinajstić information content (AvgIpc) is 2.59. The van der Waals surface area contributed by atoms with Gasteiger partial charge in [-0.25, -0.2) is 4.79 Å². The normalized spacial score (nSPS) is 12.9. The van der Waals surface area contributed by atoms with E-state index < -0.39 is 17.7 Å². The molecule has 4 nitrogen and oxygen atoms in total. The first-order chi connectivity index (χ1) is 12.7. The summed E-state index contributed by atoms with van der Waals surface area (Å²) in [5, 5.41) is 11.4. The number of aliphatic carboxylic acids is 1. The quantitative estimate of drug-likeness (QED) is 0.618. The molecule has 1 unspecified atom stereocenters. The predicted octanol–water partition coefficient (Wildman–Crippen LogP) is 5.80. The standard InChI is InChI=1S/C22H22ClNO3/c1-13-18(20(21(25)26)27-22(2,3)4)19(14-9-11-15(23)12-10-14)16-7-5-6-8-17(16)24-13/h5-12,20H,1-4H3,(H,25,26). The van der Waals surface area contributed by atoms with Gasteiger partial charge in [0.1, 0.15) is 0 Å². The lowest BCUT2D eigenvalue weighted by Gasteiger charge is -2.28. The summed E-state index contributed by atoms with van der Waals surface area (Å²) >= 11 is 6.06. The predicted molar refractivity (Wildman–Crippen MR) is 108 cm³/mol. The molecule has 0 aliphatic carbocycles. The van der Waals surface area contributed by atoms with Crippen LogP contribution in [0.1, 0.15) is 38.1 Å². The van der Waals surface area contributed by atoms with Crippen LogP contribution < -0.4 is 0 Å². The molecule has 2 aromatic carbocycles. The molecule has 0 aliphatic heterocycles. The van der Waals surface area contributed by atoms with Crippen LogP contribution in [-0.4, -0.2) is 21.7 Å². The van der Waals surface area contributed by atoms with Gasteiger partial charge in [-0.15, -0.1) is 0 Å². The molecule has 0 saturated heterocycles. The zero-order valence-corrected chi connectivity index (χ0v) is 16.5. The number of carbonyl (C=O) groups is 1. The third-order valence-electron chi connectivity index (χ3n) is 4.21. The van der Waals surface area contributed by atoms with Crippen LogP contribution >= 0.6 is 11.6 Å². The van der Waals surface area contributed by atoms with Crippen molar-refractivity contribution >= 4 is 28.5 Å². The van der Waals surface area contributed by atoms with Gasteiger partial charge in [0.05, 0.1) is 11.1 Å². The van der Waals surface area contributed by atoms with Crippen molar-refractivity contribution in [2.75, 3.05) is 0 Å². The van der Waals surface area contributed by atoms with Gasteiger partial charge in [-0.3, -0.25) is 4.98 Å². The van der Waals surface area contributed by atoms with Gasteiger partial charge in [-0.1, -0.05) is 41.9 Å². The van der Waals surface area contributed by atoms with Crippen molar-refractivity contribution in [3.05, 3.63) is 64.8 Å². The summed E-state index contributed by atoms with van der Waals surface area (Å²) in [6, 6.07) is 15.1. The minimum absolute atomic E-state index is 0.568. The summed E-state index contributed by atoms with van der Waals surface area (Å²) < 4.78 is 5.94. The van der Waals surface area contributed by atoms with E-state index in [0.717, 1.165) is 22.0 Å². The number of pyridine rings is 1. The van der Waals surface area contributed by atoms with E-state index in [9.17, 15) is 9.90 Å². The maximum absolute atomic E-state index is 12.1. The second-order valence-corrected chi connectivity index (χ2v) is 7.89. The Morgan fingerprint density at radius 1 is 1.11 bits per heavy atom. The fourth-order valence-corrected chi connectivity index (χ4v) is 3.31. The second kappa shape index (κ2) is 7.29. The van der Waals surface area contributed by atoms with Gasteiger partial charge in [0.2, 0.25) is 0 Å². The molecule has 1 heterocycles. The number of halogens is 1. The highest BCUT2D eigenvalue weighted by molar-refractivity contribution is 6.30. The Morgan fingerprint density at radius 3 is 2.33 bits per heavy atom. The number of aromatic nitrogens is 1. The molecular formula is C22H22ClNO3. The van der Waals surface area contributed by atoms with Gasteiger partial charge >= 0.3 is 5.97 Å². The smallest absolute Gasteiger partial charge is 0.337 e. The molecule has 1 atom stereocenters. The number of hydrogen-bond donors (Lipinski definition) is 1. The monoisotopic (exact) mass is 383 g/mol. The number of nitrogens with zero attached hydrogens (tertiary/aromatic N) is 1. The van der Waals surface area contributed by atoms with Gasteiger partial charge in [0.25, 0.3) is 0 Å². The van der Waals surface area contributed by atoms with Gasteiger partial charge in [0.15, 0.2) is 6.10 Å². The van der Waals surface area contributed by atoms with E-state index >= 15 is 0 Å². The van der Waals surface area contributed by atoms with Crippen molar-refractivity contribution in [3.8, 4) is 11.1 Å². The molecule has 140 valence electrons. The summed E-state index contributed by atoms with van der Waals surface area (Å²) in [5.41, 5.74) is 3.07. The fourth-order valence-electron chi connectivity index (χ4n) is 3.18. The number of aryl methyl sites for hydroxylation is 1. The number of rotatable bonds is 4. The minimum atomic E-state index is -1.13. The Kier molecular flexibility index (Phi) is 5.22. The molecule has 0 bridgehead atoms. The maximum Gasteiger partial charge on any atom is 0.337 e. The van der Waals surface area contributed by atoms with Crippen LogP contribution in [0.5, 0.6) is 0 Å². The van der Waals surface area contributed by atoms with Crippen molar-refractivity contribution in [2.45, 2.75) is 39.4 Å². The van der Waals surface area contributed by atoms with Crippen molar-refractivity contribution in [2.24, 2.45) is 0 Å². The van der Waals surface area contributed by atoms with Crippen LogP contribution in [0.25, 0.3) is 22.0 Å². The van der Waals surface area contributed by atoms with E-state index in [1.54, 1.807) is 12.1 Å². The van der Waals surface area contributed by atoms with Crippen LogP contribution in [0.3, 0.4) is 0 Å². The second-order valence-electron chi connectivity index (χ2n) is 7.46.